The summed E-state index contributed by atoms with van der Waals surface area (Å²) in [6.45, 7) is 0.727. The number of hydrogen-bond donors (Lipinski definition) is 1. The molecule has 1 saturated carbocycles. The van der Waals surface area contributed by atoms with Crippen LogP contribution in [0.2, 0.25) is 0 Å². The van der Waals surface area contributed by atoms with E-state index in [4.69, 9.17) is 15.2 Å². The van der Waals surface area contributed by atoms with Crippen LogP contribution in [0, 0.1) is 0 Å². The highest BCUT2D eigenvalue weighted by molar-refractivity contribution is 9.10. The van der Waals surface area contributed by atoms with Gasteiger partial charge in [0.15, 0.2) is 11.5 Å². The Labute approximate surface area is 122 Å². The van der Waals surface area contributed by atoms with Crippen molar-refractivity contribution in [2.75, 3.05) is 13.7 Å². The average molecular weight is 326 g/mol. The summed E-state index contributed by atoms with van der Waals surface area (Å²) < 4.78 is 12.3. The lowest BCUT2D eigenvalue weighted by atomic mass is 9.77. The molecule has 104 valence electrons. The van der Waals surface area contributed by atoms with E-state index in [1.807, 2.05) is 0 Å². The Hall–Kier alpha value is -0.740. The summed E-state index contributed by atoms with van der Waals surface area (Å²) in [6, 6.07) is 2.07. The Bertz CT molecular complexity index is 495. The molecule has 0 spiro atoms. The van der Waals surface area contributed by atoms with E-state index in [1.165, 1.54) is 30.4 Å². The van der Waals surface area contributed by atoms with Crippen LogP contribution in [0.1, 0.15) is 43.2 Å². The zero-order valence-corrected chi connectivity index (χ0v) is 12.9. The van der Waals surface area contributed by atoms with Crippen LogP contribution in [0.25, 0.3) is 0 Å². The molecular weight excluding hydrogens is 306 g/mol. The first-order valence-corrected chi connectivity index (χ1v) is 7.76. The van der Waals surface area contributed by atoms with Gasteiger partial charge in [-0.15, -0.1) is 0 Å². The second-order valence-electron chi connectivity index (χ2n) is 5.56. The molecule has 3 nitrogen and oxygen atoms in total. The van der Waals surface area contributed by atoms with Gasteiger partial charge < -0.3 is 15.2 Å². The minimum atomic E-state index is -0.220. The molecule has 19 heavy (non-hydrogen) atoms. The molecule has 0 amide bonds. The molecule has 1 fully saturated rings. The van der Waals surface area contributed by atoms with E-state index in [2.05, 4.69) is 22.0 Å². The number of nitrogens with two attached hydrogens (primary N) is 1. The minimum absolute atomic E-state index is 0.220. The van der Waals surface area contributed by atoms with Gasteiger partial charge in [0.05, 0.1) is 13.7 Å². The largest absolute Gasteiger partial charge is 0.493 e. The second-order valence-corrected chi connectivity index (χ2v) is 6.36. The van der Waals surface area contributed by atoms with Crippen LogP contribution in [0.5, 0.6) is 11.5 Å². The number of fused-ring (bicyclic) bond motifs is 1. The number of methoxy groups -OCH3 is 1. The summed E-state index contributed by atoms with van der Waals surface area (Å²) in [6.07, 6.45) is 6.73. The standard InChI is InChI=1S/C15H20BrNO2/c1-18-12-9-11(15(17)6-3-2-4-7-15)13(16)10-5-8-19-14(10)12/h9H,2-8,17H2,1H3. The summed E-state index contributed by atoms with van der Waals surface area (Å²) in [4.78, 5) is 0. The van der Waals surface area contributed by atoms with Gasteiger partial charge in [0.1, 0.15) is 0 Å². The van der Waals surface area contributed by atoms with Gasteiger partial charge in [-0.05, 0) is 24.5 Å². The van der Waals surface area contributed by atoms with Crippen LogP contribution in [0.15, 0.2) is 10.5 Å². The first kappa shape index (κ1) is 13.3. The van der Waals surface area contributed by atoms with E-state index in [0.717, 1.165) is 41.8 Å². The number of hydrogen-bond acceptors (Lipinski definition) is 3. The highest BCUT2D eigenvalue weighted by Crippen LogP contribution is 2.47. The number of halogens is 1. The summed E-state index contributed by atoms with van der Waals surface area (Å²) in [5.41, 5.74) is 8.85. The third-order valence-electron chi connectivity index (χ3n) is 4.38. The fourth-order valence-corrected chi connectivity index (χ4v) is 4.16. The van der Waals surface area contributed by atoms with Crippen molar-refractivity contribution >= 4 is 15.9 Å². The van der Waals surface area contributed by atoms with Gasteiger partial charge in [-0.3, -0.25) is 0 Å². The Morgan fingerprint density at radius 2 is 2.05 bits per heavy atom. The minimum Gasteiger partial charge on any atom is -0.493 e. The molecule has 2 N–H and O–H groups in total. The molecule has 1 heterocycles. The molecule has 0 aromatic heterocycles. The van der Waals surface area contributed by atoms with E-state index >= 15 is 0 Å². The van der Waals surface area contributed by atoms with Crippen LogP contribution in [0.4, 0.5) is 0 Å². The maximum Gasteiger partial charge on any atom is 0.165 e. The van der Waals surface area contributed by atoms with Gasteiger partial charge in [0.25, 0.3) is 0 Å². The Balaban J connectivity index is 2.11. The lowest BCUT2D eigenvalue weighted by molar-refractivity contribution is 0.297. The van der Waals surface area contributed by atoms with Crippen molar-refractivity contribution in [2.24, 2.45) is 5.73 Å². The molecule has 0 radical (unpaired) electrons. The van der Waals surface area contributed by atoms with Crippen LogP contribution >= 0.6 is 15.9 Å². The van der Waals surface area contributed by atoms with Crippen LogP contribution in [-0.2, 0) is 12.0 Å². The molecule has 1 aromatic rings. The summed E-state index contributed by atoms with van der Waals surface area (Å²) in [7, 11) is 1.69. The first-order valence-electron chi connectivity index (χ1n) is 6.97. The Morgan fingerprint density at radius 1 is 1.32 bits per heavy atom. The van der Waals surface area contributed by atoms with Crippen molar-refractivity contribution < 1.29 is 9.47 Å². The van der Waals surface area contributed by atoms with Crippen molar-refractivity contribution in [2.45, 2.75) is 44.1 Å². The topological polar surface area (TPSA) is 44.5 Å². The summed E-state index contributed by atoms with van der Waals surface area (Å²) in [5.74, 6) is 1.71. The predicted molar refractivity (Wildman–Crippen MR) is 78.8 cm³/mol. The zero-order chi connectivity index (χ0) is 13.5. The maximum atomic E-state index is 6.67. The fourth-order valence-electron chi connectivity index (χ4n) is 3.27. The fraction of sp³-hybridized carbons (Fsp3) is 0.600. The smallest absolute Gasteiger partial charge is 0.165 e. The molecule has 1 aliphatic carbocycles. The normalized spacial score (nSPS) is 20.8. The molecule has 1 aromatic carbocycles. The van der Waals surface area contributed by atoms with Gasteiger partial charge in [0, 0.05) is 22.0 Å². The zero-order valence-electron chi connectivity index (χ0n) is 11.3. The van der Waals surface area contributed by atoms with E-state index in [9.17, 15) is 0 Å². The number of ether oxygens (including phenoxy) is 2. The van der Waals surface area contributed by atoms with Crippen LogP contribution in [0.3, 0.4) is 0 Å². The lowest BCUT2D eigenvalue weighted by Crippen LogP contribution is -2.39. The van der Waals surface area contributed by atoms with Crippen molar-refractivity contribution in [3.63, 3.8) is 0 Å². The molecule has 0 unspecified atom stereocenters. The van der Waals surface area contributed by atoms with Crippen molar-refractivity contribution in [1.29, 1.82) is 0 Å². The van der Waals surface area contributed by atoms with E-state index in [-0.39, 0.29) is 5.54 Å². The van der Waals surface area contributed by atoms with E-state index < -0.39 is 0 Å². The molecule has 0 saturated heterocycles. The monoisotopic (exact) mass is 325 g/mol. The van der Waals surface area contributed by atoms with Gasteiger partial charge >= 0.3 is 0 Å². The molecule has 4 heteroatoms. The second kappa shape index (κ2) is 4.98. The van der Waals surface area contributed by atoms with Gasteiger partial charge in [-0.1, -0.05) is 35.2 Å². The molecule has 1 aliphatic heterocycles. The van der Waals surface area contributed by atoms with E-state index in [1.54, 1.807) is 7.11 Å². The summed E-state index contributed by atoms with van der Waals surface area (Å²) in [5, 5.41) is 0. The molecular formula is C15H20BrNO2. The first-order chi connectivity index (χ1) is 9.15. The SMILES string of the molecule is COc1cc(C2(N)CCCCC2)c(Br)c2c1OCC2. The van der Waals surface area contributed by atoms with Gasteiger partial charge in [-0.25, -0.2) is 0 Å². The van der Waals surface area contributed by atoms with Crippen molar-refractivity contribution in [1.82, 2.24) is 0 Å². The van der Waals surface area contributed by atoms with Gasteiger partial charge in [0.2, 0.25) is 0 Å². The molecule has 0 bridgehead atoms. The molecule has 0 atom stereocenters. The highest BCUT2D eigenvalue weighted by atomic mass is 79.9. The van der Waals surface area contributed by atoms with Crippen molar-refractivity contribution in [3.8, 4) is 11.5 Å². The number of benzene rings is 1. The third kappa shape index (κ3) is 2.15. The average Bonchev–Trinajstić information content (AvgIpc) is 2.90. The number of rotatable bonds is 2. The summed E-state index contributed by atoms with van der Waals surface area (Å²) >= 11 is 3.75. The van der Waals surface area contributed by atoms with Crippen LogP contribution in [-0.4, -0.2) is 13.7 Å². The van der Waals surface area contributed by atoms with Gasteiger partial charge in [-0.2, -0.15) is 0 Å². The predicted octanol–water partition coefficient (Wildman–Crippen LogP) is 3.51. The molecule has 3 rings (SSSR count). The van der Waals surface area contributed by atoms with E-state index in [0.29, 0.717) is 0 Å². The molecule has 2 aliphatic rings. The third-order valence-corrected chi connectivity index (χ3v) is 5.28. The Morgan fingerprint density at radius 3 is 2.74 bits per heavy atom. The highest BCUT2D eigenvalue weighted by Gasteiger charge is 2.35. The van der Waals surface area contributed by atoms with Crippen LogP contribution < -0.4 is 15.2 Å². The maximum absolute atomic E-state index is 6.67. The van der Waals surface area contributed by atoms with Crippen molar-refractivity contribution in [3.05, 3.63) is 21.7 Å². The lowest BCUT2D eigenvalue weighted by Gasteiger charge is -2.35. The Kier molecular flexibility index (Phi) is 3.48. The quantitative estimate of drug-likeness (QED) is 0.904.